The van der Waals surface area contributed by atoms with Crippen LogP contribution >= 0.6 is 27.3 Å². The van der Waals surface area contributed by atoms with Crippen molar-refractivity contribution in [1.29, 1.82) is 0 Å². The van der Waals surface area contributed by atoms with Crippen LogP contribution in [0, 0.1) is 13.8 Å². The predicted octanol–water partition coefficient (Wildman–Crippen LogP) is 4.18. The van der Waals surface area contributed by atoms with Crippen molar-refractivity contribution >= 4 is 39.1 Å². The zero-order chi connectivity index (χ0) is 20.1. The van der Waals surface area contributed by atoms with E-state index >= 15 is 0 Å². The second-order valence-electron chi connectivity index (χ2n) is 6.10. The van der Waals surface area contributed by atoms with Gasteiger partial charge < -0.3 is 4.74 Å². The number of hydrazine groups is 1. The van der Waals surface area contributed by atoms with Crippen LogP contribution in [0.15, 0.2) is 52.6 Å². The van der Waals surface area contributed by atoms with Crippen molar-refractivity contribution in [2.75, 3.05) is 0 Å². The lowest BCUT2D eigenvalue weighted by Crippen LogP contribution is -2.41. The van der Waals surface area contributed by atoms with Crippen molar-refractivity contribution in [1.82, 2.24) is 15.8 Å². The number of hydrogen-bond donors (Lipinski definition) is 2. The van der Waals surface area contributed by atoms with Crippen LogP contribution in [0.5, 0.6) is 5.75 Å². The summed E-state index contributed by atoms with van der Waals surface area (Å²) in [7, 11) is 0. The van der Waals surface area contributed by atoms with Gasteiger partial charge in [0.1, 0.15) is 12.4 Å². The van der Waals surface area contributed by atoms with E-state index in [1.54, 1.807) is 36.7 Å². The molecule has 6 nitrogen and oxygen atoms in total. The Kier molecular flexibility index (Phi) is 6.43. The van der Waals surface area contributed by atoms with Crippen LogP contribution in [0.25, 0.3) is 0 Å². The SMILES string of the molecule is Cc1cc(C(=O)NNC(=O)c2ccc(Br)s2)cc(C)c1OCc1cccnc1. The fourth-order valence-corrected chi connectivity index (χ4v) is 3.91. The molecule has 0 saturated heterocycles. The molecule has 0 spiro atoms. The van der Waals surface area contributed by atoms with Gasteiger partial charge in [0.15, 0.2) is 0 Å². The number of carbonyl (C=O) groups excluding carboxylic acids is 2. The second kappa shape index (κ2) is 8.99. The summed E-state index contributed by atoms with van der Waals surface area (Å²) in [5.41, 5.74) is 7.94. The van der Waals surface area contributed by atoms with E-state index in [0.717, 1.165) is 26.2 Å². The maximum absolute atomic E-state index is 12.4. The number of aromatic nitrogens is 1. The van der Waals surface area contributed by atoms with Crippen LogP contribution in [0.2, 0.25) is 0 Å². The quantitative estimate of drug-likeness (QED) is 0.560. The van der Waals surface area contributed by atoms with E-state index in [1.807, 2.05) is 26.0 Å². The Morgan fingerprint density at radius 3 is 2.43 bits per heavy atom. The Morgan fingerprint density at radius 1 is 1.11 bits per heavy atom. The molecular weight excluding hydrogens is 442 g/mol. The Morgan fingerprint density at radius 2 is 1.82 bits per heavy atom. The number of benzene rings is 1. The molecular formula is C20H18BrN3O3S. The fourth-order valence-electron chi connectivity index (χ4n) is 2.63. The van der Waals surface area contributed by atoms with Crippen LogP contribution in [0.1, 0.15) is 36.7 Å². The molecule has 0 bridgehead atoms. The first-order valence-electron chi connectivity index (χ1n) is 8.43. The van der Waals surface area contributed by atoms with Gasteiger partial charge in [0.25, 0.3) is 11.8 Å². The number of ether oxygens (including phenoxy) is 1. The monoisotopic (exact) mass is 459 g/mol. The van der Waals surface area contributed by atoms with Gasteiger partial charge in [0.05, 0.1) is 8.66 Å². The lowest BCUT2D eigenvalue weighted by atomic mass is 10.1. The average molecular weight is 460 g/mol. The van der Waals surface area contributed by atoms with E-state index in [-0.39, 0.29) is 5.91 Å². The van der Waals surface area contributed by atoms with Crippen LogP contribution in [0.4, 0.5) is 0 Å². The topological polar surface area (TPSA) is 80.3 Å². The van der Waals surface area contributed by atoms with Crippen molar-refractivity contribution in [3.8, 4) is 5.75 Å². The molecule has 2 aromatic heterocycles. The van der Waals surface area contributed by atoms with E-state index in [1.165, 1.54) is 11.3 Å². The van der Waals surface area contributed by atoms with Crippen LogP contribution in [-0.2, 0) is 6.61 Å². The van der Waals surface area contributed by atoms with Crippen molar-refractivity contribution < 1.29 is 14.3 Å². The largest absolute Gasteiger partial charge is 0.488 e. The van der Waals surface area contributed by atoms with Gasteiger partial charge in [-0.05, 0) is 71.2 Å². The standard InChI is InChI=1S/C20H18BrN3O3S/c1-12-8-15(19(25)23-24-20(26)16-5-6-17(21)28-16)9-13(2)18(12)27-11-14-4-3-7-22-10-14/h3-10H,11H2,1-2H3,(H,23,25)(H,24,26). The number of pyridine rings is 1. The third-order valence-electron chi connectivity index (χ3n) is 3.92. The molecule has 0 saturated carbocycles. The molecule has 0 unspecified atom stereocenters. The summed E-state index contributed by atoms with van der Waals surface area (Å²) in [5.74, 6) is -0.0317. The number of aryl methyl sites for hydroxylation is 2. The lowest BCUT2D eigenvalue weighted by Gasteiger charge is -2.14. The van der Waals surface area contributed by atoms with Gasteiger partial charge >= 0.3 is 0 Å². The van der Waals surface area contributed by atoms with Gasteiger partial charge in [0, 0.05) is 23.5 Å². The first-order chi connectivity index (χ1) is 13.4. The molecule has 8 heteroatoms. The van der Waals surface area contributed by atoms with E-state index in [9.17, 15) is 9.59 Å². The molecule has 3 rings (SSSR count). The minimum Gasteiger partial charge on any atom is -0.488 e. The summed E-state index contributed by atoms with van der Waals surface area (Å²) in [6.07, 6.45) is 3.46. The van der Waals surface area contributed by atoms with E-state index < -0.39 is 5.91 Å². The zero-order valence-electron chi connectivity index (χ0n) is 15.3. The van der Waals surface area contributed by atoms with Crippen molar-refractivity contribution in [3.05, 3.63) is 79.7 Å². The van der Waals surface area contributed by atoms with E-state index in [2.05, 4.69) is 31.8 Å². The van der Waals surface area contributed by atoms with Gasteiger partial charge in [0.2, 0.25) is 0 Å². The molecule has 3 aromatic rings. The summed E-state index contributed by atoms with van der Waals surface area (Å²) in [6.45, 7) is 4.15. The van der Waals surface area contributed by atoms with E-state index in [4.69, 9.17) is 4.74 Å². The molecule has 0 aliphatic carbocycles. The summed E-state index contributed by atoms with van der Waals surface area (Å²) >= 11 is 4.59. The van der Waals surface area contributed by atoms with Gasteiger partial charge in [-0.15, -0.1) is 11.3 Å². The molecule has 2 amide bonds. The maximum atomic E-state index is 12.4. The molecule has 28 heavy (non-hydrogen) atoms. The minimum absolute atomic E-state index is 0.367. The predicted molar refractivity (Wildman–Crippen MR) is 111 cm³/mol. The highest BCUT2D eigenvalue weighted by molar-refractivity contribution is 9.11. The fraction of sp³-hybridized carbons (Fsp3) is 0.150. The van der Waals surface area contributed by atoms with Gasteiger partial charge in [-0.3, -0.25) is 25.4 Å². The number of carbonyl (C=O) groups is 2. The third kappa shape index (κ3) is 4.96. The average Bonchev–Trinajstić information content (AvgIpc) is 3.12. The summed E-state index contributed by atoms with van der Waals surface area (Å²) < 4.78 is 6.75. The lowest BCUT2D eigenvalue weighted by molar-refractivity contribution is 0.0849. The van der Waals surface area contributed by atoms with Crippen molar-refractivity contribution in [2.24, 2.45) is 0 Å². The number of amides is 2. The highest BCUT2D eigenvalue weighted by atomic mass is 79.9. The van der Waals surface area contributed by atoms with E-state index in [0.29, 0.717) is 17.0 Å². The second-order valence-corrected chi connectivity index (χ2v) is 8.56. The molecule has 0 aliphatic heterocycles. The van der Waals surface area contributed by atoms with Gasteiger partial charge in [-0.1, -0.05) is 6.07 Å². The highest BCUT2D eigenvalue weighted by Crippen LogP contribution is 2.26. The molecule has 0 radical (unpaired) electrons. The summed E-state index contributed by atoms with van der Waals surface area (Å²) in [4.78, 5) is 29.0. The minimum atomic E-state index is -0.394. The van der Waals surface area contributed by atoms with Crippen LogP contribution in [0.3, 0.4) is 0 Å². The zero-order valence-corrected chi connectivity index (χ0v) is 17.7. The van der Waals surface area contributed by atoms with Gasteiger partial charge in [-0.2, -0.15) is 0 Å². The molecule has 0 atom stereocenters. The van der Waals surface area contributed by atoms with Crippen molar-refractivity contribution in [2.45, 2.75) is 20.5 Å². The normalized spacial score (nSPS) is 10.4. The summed E-state index contributed by atoms with van der Waals surface area (Å²) in [6, 6.07) is 10.7. The number of nitrogens with zero attached hydrogens (tertiary/aromatic N) is 1. The smallest absolute Gasteiger partial charge is 0.279 e. The molecule has 2 heterocycles. The number of thiophene rings is 1. The first kappa shape index (κ1) is 20.0. The van der Waals surface area contributed by atoms with Crippen molar-refractivity contribution in [3.63, 3.8) is 0 Å². The maximum Gasteiger partial charge on any atom is 0.279 e. The molecule has 1 aromatic carbocycles. The molecule has 2 N–H and O–H groups in total. The van der Waals surface area contributed by atoms with Gasteiger partial charge in [-0.25, -0.2) is 0 Å². The Labute approximate surface area is 175 Å². The first-order valence-corrected chi connectivity index (χ1v) is 10.0. The Bertz CT molecular complexity index is 982. The molecule has 0 aliphatic rings. The summed E-state index contributed by atoms with van der Waals surface area (Å²) in [5, 5.41) is 0. The Hall–Kier alpha value is -2.71. The Balaban J connectivity index is 1.64. The number of nitrogens with one attached hydrogen (secondary N) is 2. The molecule has 0 fully saturated rings. The molecule has 144 valence electrons. The number of hydrogen-bond acceptors (Lipinski definition) is 5. The number of rotatable bonds is 5. The highest BCUT2D eigenvalue weighted by Gasteiger charge is 2.14. The van der Waals surface area contributed by atoms with Crippen LogP contribution < -0.4 is 15.6 Å². The van der Waals surface area contributed by atoms with Crippen LogP contribution in [-0.4, -0.2) is 16.8 Å². The number of halogens is 1. The third-order valence-corrected chi connectivity index (χ3v) is 5.54.